The number of carbonyl (C=O) groups is 2. The first-order valence-corrected chi connectivity index (χ1v) is 7.48. The van der Waals surface area contributed by atoms with Crippen molar-refractivity contribution in [1.82, 2.24) is 10.6 Å². The molecule has 0 aliphatic heterocycles. The predicted octanol–water partition coefficient (Wildman–Crippen LogP) is 1.83. The molecule has 0 aliphatic carbocycles. The number of nitrogens with zero attached hydrogens (tertiary/aromatic N) is 1. The first kappa shape index (κ1) is 20.3. The molecule has 126 valence electrons. The molecule has 22 heavy (non-hydrogen) atoms. The number of ether oxygens (including phenoxy) is 2. The summed E-state index contributed by atoms with van der Waals surface area (Å²) in [4.78, 5) is 27.2. The highest BCUT2D eigenvalue weighted by Gasteiger charge is 2.20. The molecule has 0 radical (unpaired) electrons. The Kier molecular flexibility index (Phi) is 7.97. The standard InChI is InChI=1S/C14H28BN3O4/c1-13(2,3)21-11(19)17-10(16-9-7-8-15)18-12(20)22-14(4,5)6/h7-9,15H2,1-6H3,(H2,16,17,18,19,20). The predicted molar refractivity (Wildman–Crippen MR) is 89.0 cm³/mol. The molecule has 0 unspecified atom stereocenters. The monoisotopic (exact) mass is 313 g/mol. The fraction of sp³-hybridized carbons (Fsp3) is 0.786. The highest BCUT2D eigenvalue weighted by atomic mass is 16.6. The smallest absolute Gasteiger partial charge is 0.437 e. The third-order valence-corrected chi connectivity index (χ3v) is 2.04. The summed E-state index contributed by atoms with van der Waals surface area (Å²) in [7, 11) is 2.04. The van der Waals surface area contributed by atoms with E-state index in [0.29, 0.717) is 6.54 Å². The zero-order chi connectivity index (χ0) is 17.4. The van der Waals surface area contributed by atoms with Gasteiger partial charge in [0, 0.05) is 6.54 Å². The summed E-state index contributed by atoms with van der Waals surface area (Å²) in [6, 6.07) is 0. The van der Waals surface area contributed by atoms with Gasteiger partial charge >= 0.3 is 12.2 Å². The van der Waals surface area contributed by atoms with Crippen LogP contribution in [0.1, 0.15) is 48.0 Å². The van der Waals surface area contributed by atoms with Crippen LogP contribution in [-0.4, -0.2) is 43.7 Å². The van der Waals surface area contributed by atoms with Crippen molar-refractivity contribution in [3.05, 3.63) is 0 Å². The Morgan fingerprint density at radius 1 is 1.05 bits per heavy atom. The van der Waals surface area contributed by atoms with Gasteiger partial charge in [0.25, 0.3) is 0 Å². The molecule has 0 saturated carbocycles. The molecule has 0 aromatic carbocycles. The molecule has 8 heteroatoms. The lowest BCUT2D eigenvalue weighted by atomic mass is 10.0. The minimum atomic E-state index is -0.775. The molecular weight excluding hydrogens is 285 g/mol. The third kappa shape index (κ3) is 12.0. The summed E-state index contributed by atoms with van der Waals surface area (Å²) in [5, 5.41) is 5.32. The average Bonchev–Trinajstić information content (AvgIpc) is 2.23. The van der Waals surface area contributed by atoms with Crippen molar-refractivity contribution in [3.63, 3.8) is 0 Å². The maximum atomic E-state index is 11.8. The van der Waals surface area contributed by atoms with E-state index in [0.717, 1.165) is 12.7 Å². The molecule has 0 rings (SSSR count). The van der Waals surface area contributed by atoms with Gasteiger partial charge in [-0.2, -0.15) is 0 Å². The molecule has 0 spiro atoms. The molecule has 0 fully saturated rings. The average molecular weight is 313 g/mol. The lowest BCUT2D eigenvalue weighted by molar-refractivity contribution is 0.0560. The van der Waals surface area contributed by atoms with Gasteiger partial charge in [0.1, 0.15) is 19.0 Å². The van der Waals surface area contributed by atoms with Gasteiger partial charge in [0.2, 0.25) is 5.96 Å². The molecule has 0 aliphatic rings. The van der Waals surface area contributed by atoms with Crippen LogP contribution in [-0.2, 0) is 9.47 Å². The Hall–Kier alpha value is -1.73. The van der Waals surface area contributed by atoms with Crippen LogP contribution in [0, 0.1) is 0 Å². The molecule has 7 nitrogen and oxygen atoms in total. The zero-order valence-electron chi connectivity index (χ0n) is 14.7. The second-order valence-electron chi connectivity index (χ2n) is 6.85. The van der Waals surface area contributed by atoms with Gasteiger partial charge < -0.3 is 14.8 Å². The fourth-order valence-corrected chi connectivity index (χ4v) is 1.27. The molecule has 0 aromatic rings. The van der Waals surface area contributed by atoms with Crippen molar-refractivity contribution in [3.8, 4) is 0 Å². The van der Waals surface area contributed by atoms with Crippen LogP contribution < -0.4 is 10.6 Å². The van der Waals surface area contributed by atoms with Crippen molar-refractivity contribution in [2.45, 2.75) is 65.5 Å². The Morgan fingerprint density at radius 3 is 2.05 bits per heavy atom. The zero-order valence-corrected chi connectivity index (χ0v) is 14.7. The first-order valence-electron chi connectivity index (χ1n) is 7.48. The van der Waals surface area contributed by atoms with Crippen LogP contribution >= 0.6 is 0 Å². The number of amides is 2. The quantitative estimate of drug-likeness (QED) is 0.359. The van der Waals surface area contributed by atoms with Crippen molar-refractivity contribution in [1.29, 1.82) is 0 Å². The molecule has 0 atom stereocenters. The van der Waals surface area contributed by atoms with Crippen molar-refractivity contribution < 1.29 is 19.1 Å². The van der Waals surface area contributed by atoms with Crippen LogP contribution in [0.5, 0.6) is 0 Å². The Bertz CT molecular complexity index is 411. The van der Waals surface area contributed by atoms with E-state index in [1.165, 1.54) is 0 Å². The number of hydrogen-bond acceptors (Lipinski definition) is 4. The van der Waals surface area contributed by atoms with Gasteiger partial charge in [-0.3, -0.25) is 5.32 Å². The minimum absolute atomic E-state index is 0.0250. The molecule has 0 aromatic heterocycles. The first-order chi connectivity index (χ1) is 9.93. The summed E-state index contributed by atoms with van der Waals surface area (Å²) >= 11 is 0. The van der Waals surface area contributed by atoms with Crippen LogP contribution in [0.3, 0.4) is 0 Å². The molecule has 2 N–H and O–H groups in total. The number of aliphatic imine (C=N–C) groups is 1. The van der Waals surface area contributed by atoms with Gasteiger partial charge in [-0.05, 0) is 48.0 Å². The Balaban J connectivity index is 4.81. The number of rotatable bonds is 3. The van der Waals surface area contributed by atoms with Crippen molar-refractivity contribution in [2.24, 2.45) is 4.99 Å². The van der Waals surface area contributed by atoms with Crippen LogP contribution in [0.25, 0.3) is 0 Å². The Morgan fingerprint density at radius 2 is 1.59 bits per heavy atom. The summed E-state index contributed by atoms with van der Waals surface area (Å²) < 4.78 is 10.2. The van der Waals surface area contributed by atoms with E-state index < -0.39 is 23.4 Å². The lowest BCUT2D eigenvalue weighted by Crippen LogP contribution is -2.44. The number of hydrogen-bond donors (Lipinski definition) is 2. The summed E-state index contributed by atoms with van der Waals surface area (Å²) in [6.07, 6.45) is 0.393. The molecule has 0 heterocycles. The van der Waals surface area contributed by atoms with E-state index in [2.05, 4.69) is 15.6 Å². The van der Waals surface area contributed by atoms with Crippen LogP contribution in [0.15, 0.2) is 4.99 Å². The van der Waals surface area contributed by atoms with Gasteiger partial charge in [0.05, 0.1) is 0 Å². The van der Waals surface area contributed by atoms with Gasteiger partial charge in [-0.25, -0.2) is 9.59 Å². The normalized spacial score (nSPS) is 12.5. The number of alkyl carbamates (subject to hydrolysis) is 1. The highest BCUT2D eigenvalue weighted by Crippen LogP contribution is 2.08. The van der Waals surface area contributed by atoms with E-state index in [1.807, 2.05) is 7.85 Å². The molecular formula is C14H28BN3O4. The fourth-order valence-electron chi connectivity index (χ4n) is 1.27. The topological polar surface area (TPSA) is 89.0 Å². The van der Waals surface area contributed by atoms with Crippen molar-refractivity contribution >= 4 is 26.0 Å². The highest BCUT2D eigenvalue weighted by molar-refractivity contribution is 6.08. The summed E-state index contributed by atoms with van der Waals surface area (Å²) in [5.41, 5.74) is -1.29. The largest absolute Gasteiger partial charge is 0.444 e. The van der Waals surface area contributed by atoms with E-state index in [9.17, 15) is 9.59 Å². The van der Waals surface area contributed by atoms with E-state index in [4.69, 9.17) is 9.47 Å². The molecule has 0 saturated heterocycles. The Labute approximate surface area is 133 Å². The maximum Gasteiger partial charge on any atom is 0.437 e. The van der Waals surface area contributed by atoms with Gasteiger partial charge in [-0.15, -0.1) is 4.99 Å². The number of guanidine groups is 1. The van der Waals surface area contributed by atoms with Crippen LogP contribution in [0.2, 0.25) is 6.32 Å². The van der Waals surface area contributed by atoms with Crippen LogP contribution in [0.4, 0.5) is 9.59 Å². The van der Waals surface area contributed by atoms with Crippen molar-refractivity contribution in [2.75, 3.05) is 6.54 Å². The number of nitrogens with one attached hydrogen (secondary N) is 2. The summed E-state index contributed by atoms with van der Waals surface area (Å²) in [6.45, 7) is 11.1. The van der Waals surface area contributed by atoms with E-state index >= 15 is 0 Å². The van der Waals surface area contributed by atoms with Gasteiger partial charge in [0.15, 0.2) is 0 Å². The third-order valence-electron chi connectivity index (χ3n) is 2.04. The molecule has 2 amide bonds. The SMILES string of the molecule is BCCCN/C(=N/C(=O)OC(C)(C)C)NC(=O)OC(C)(C)C. The van der Waals surface area contributed by atoms with E-state index in [1.54, 1.807) is 41.5 Å². The maximum absolute atomic E-state index is 11.8. The van der Waals surface area contributed by atoms with Gasteiger partial charge in [-0.1, -0.05) is 6.32 Å². The second-order valence-corrected chi connectivity index (χ2v) is 6.85. The summed E-state index contributed by atoms with van der Waals surface area (Å²) in [5.74, 6) is 0.0250. The number of carbonyl (C=O) groups excluding carboxylic acids is 2. The van der Waals surface area contributed by atoms with E-state index in [-0.39, 0.29) is 5.96 Å². The minimum Gasteiger partial charge on any atom is -0.444 e. The lowest BCUT2D eigenvalue weighted by Gasteiger charge is -2.21. The molecule has 0 bridgehead atoms. The second kappa shape index (κ2) is 8.65.